The average molecular weight is 224 g/mol. The molecule has 1 aliphatic heterocycles. The Morgan fingerprint density at radius 3 is 2.87 bits per heavy atom. The van der Waals surface area contributed by atoms with Gasteiger partial charge in [-0.3, -0.25) is 0 Å². The third-order valence-corrected chi connectivity index (χ3v) is 4.06. The van der Waals surface area contributed by atoms with Crippen molar-refractivity contribution in [3.8, 4) is 0 Å². The Morgan fingerprint density at radius 2 is 2.33 bits per heavy atom. The molecular formula is C12H20N2S. The second-order valence-electron chi connectivity index (χ2n) is 4.48. The normalized spacial score (nSPS) is 24.3. The quantitative estimate of drug-likeness (QED) is 0.848. The van der Waals surface area contributed by atoms with Gasteiger partial charge in [0.05, 0.1) is 6.04 Å². The third-order valence-electron chi connectivity index (χ3n) is 3.12. The molecule has 2 unspecified atom stereocenters. The number of nitrogens with zero attached hydrogens (tertiary/aromatic N) is 1. The van der Waals surface area contributed by atoms with Crippen molar-refractivity contribution in [2.75, 3.05) is 20.6 Å². The number of hydrogen-bond donors (Lipinski definition) is 1. The van der Waals surface area contributed by atoms with Crippen LogP contribution in [0.4, 0.5) is 0 Å². The topological polar surface area (TPSA) is 15.3 Å². The van der Waals surface area contributed by atoms with Crippen LogP contribution in [-0.2, 0) is 0 Å². The molecule has 3 heteroatoms. The van der Waals surface area contributed by atoms with Gasteiger partial charge in [0.25, 0.3) is 0 Å². The second-order valence-corrected chi connectivity index (χ2v) is 5.46. The van der Waals surface area contributed by atoms with E-state index >= 15 is 0 Å². The van der Waals surface area contributed by atoms with Crippen LogP contribution in [-0.4, -0.2) is 31.6 Å². The van der Waals surface area contributed by atoms with E-state index < -0.39 is 0 Å². The van der Waals surface area contributed by atoms with Gasteiger partial charge in [0.15, 0.2) is 0 Å². The lowest BCUT2D eigenvalue weighted by Gasteiger charge is -2.35. The molecular weight excluding hydrogens is 204 g/mol. The summed E-state index contributed by atoms with van der Waals surface area (Å²) in [4.78, 5) is 3.83. The van der Waals surface area contributed by atoms with E-state index in [2.05, 4.69) is 41.8 Å². The molecule has 1 N–H and O–H groups in total. The van der Waals surface area contributed by atoms with Crippen molar-refractivity contribution in [1.29, 1.82) is 0 Å². The number of thiophene rings is 1. The zero-order chi connectivity index (χ0) is 10.7. The summed E-state index contributed by atoms with van der Waals surface area (Å²) in [6.45, 7) is 1.18. The molecule has 1 fully saturated rings. The lowest BCUT2D eigenvalue weighted by atomic mass is 9.96. The molecule has 0 amide bonds. The van der Waals surface area contributed by atoms with Gasteiger partial charge in [-0.25, -0.2) is 0 Å². The summed E-state index contributed by atoms with van der Waals surface area (Å²) >= 11 is 1.87. The maximum atomic E-state index is 3.65. The predicted molar refractivity (Wildman–Crippen MR) is 66.4 cm³/mol. The van der Waals surface area contributed by atoms with Gasteiger partial charge in [-0.2, -0.15) is 0 Å². The highest BCUT2D eigenvalue weighted by Crippen LogP contribution is 2.29. The van der Waals surface area contributed by atoms with Crippen molar-refractivity contribution in [3.05, 3.63) is 22.4 Å². The van der Waals surface area contributed by atoms with E-state index in [1.54, 1.807) is 0 Å². The van der Waals surface area contributed by atoms with Crippen LogP contribution in [0.3, 0.4) is 0 Å². The molecule has 1 aromatic rings. The number of rotatable bonds is 3. The largest absolute Gasteiger partial charge is 0.312 e. The van der Waals surface area contributed by atoms with Gasteiger partial charge in [0.1, 0.15) is 0 Å². The van der Waals surface area contributed by atoms with E-state index in [1.165, 1.54) is 30.7 Å². The van der Waals surface area contributed by atoms with Crippen molar-refractivity contribution in [2.45, 2.75) is 31.3 Å². The first-order valence-corrected chi connectivity index (χ1v) is 6.60. The lowest BCUT2D eigenvalue weighted by Crippen LogP contribution is -2.43. The van der Waals surface area contributed by atoms with Crippen molar-refractivity contribution >= 4 is 11.3 Å². The SMILES string of the molecule is CN(C)C(c1cccs1)C1CCCCN1. The zero-order valence-corrected chi connectivity index (χ0v) is 10.4. The van der Waals surface area contributed by atoms with Crippen LogP contribution in [0.5, 0.6) is 0 Å². The molecule has 2 heterocycles. The Morgan fingerprint density at radius 1 is 1.47 bits per heavy atom. The van der Waals surface area contributed by atoms with E-state index in [9.17, 15) is 0 Å². The van der Waals surface area contributed by atoms with Crippen LogP contribution < -0.4 is 5.32 Å². The smallest absolute Gasteiger partial charge is 0.0590 e. The van der Waals surface area contributed by atoms with E-state index in [0.717, 1.165) is 0 Å². The predicted octanol–water partition coefficient (Wildman–Crippen LogP) is 2.49. The number of nitrogens with one attached hydrogen (secondary N) is 1. The van der Waals surface area contributed by atoms with Crippen LogP contribution in [0.25, 0.3) is 0 Å². The van der Waals surface area contributed by atoms with Crippen molar-refractivity contribution in [3.63, 3.8) is 0 Å². The fourth-order valence-corrected chi connectivity index (χ4v) is 3.41. The highest BCUT2D eigenvalue weighted by molar-refractivity contribution is 7.10. The van der Waals surface area contributed by atoms with Gasteiger partial charge in [-0.05, 0) is 44.9 Å². The summed E-state index contributed by atoms with van der Waals surface area (Å²) < 4.78 is 0. The van der Waals surface area contributed by atoms with Gasteiger partial charge in [-0.1, -0.05) is 12.5 Å². The summed E-state index contributed by atoms with van der Waals surface area (Å²) in [5.41, 5.74) is 0. The summed E-state index contributed by atoms with van der Waals surface area (Å²) in [7, 11) is 4.36. The molecule has 15 heavy (non-hydrogen) atoms. The Hall–Kier alpha value is -0.380. The molecule has 0 aliphatic carbocycles. The van der Waals surface area contributed by atoms with E-state index in [4.69, 9.17) is 0 Å². The minimum Gasteiger partial charge on any atom is -0.312 e. The van der Waals surface area contributed by atoms with Gasteiger partial charge < -0.3 is 10.2 Å². The van der Waals surface area contributed by atoms with Gasteiger partial charge in [-0.15, -0.1) is 11.3 Å². The lowest BCUT2D eigenvalue weighted by molar-refractivity contribution is 0.208. The first-order valence-electron chi connectivity index (χ1n) is 5.72. The van der Waals surface area contributed by atoms with E-state index in [1.807, 2.05) is 11.3 Å². The van der Waals surface area contributed by atoms with E-state index in [0.29, 0.717) is 12.1 Å². The molecule has 0 spiro atoms. The summed E-state index contributed by atoms with van der Waals surface area (Å²) in [5, 5.41) is 5.83. The summed E-state index contributed by atoms with van der Waals surface area (Å²) in [5.74, 6) is 0. The second kappa shape index (κ2) is 5.10. The molecule has 1 aliphatic rings. The van der Waals surface area contributed by atoms with Crippen molar-refractivity contribution in [1.82, 2.24) is 10.2 Å². The Balaban J connectivity index is 2.12. The fourth-order valence-electron chi connectivity index (χ4n) is 2.42. The van der Waals surface area contributed by atoms with E-state index in [-0.39, 0.29) is 0 Å². The summed E-state index contributed by atoms with van der Waals surface area (Å²) in [6.07, 6.45) is 4.01. The Kier molecular flexibility index (Phi) is 3.78. The number of hydrogen-bond acceptors (Lipinski definition) is 3. The molecule has 2 rings (SSSR count). The first kappa shape index (κ1) is 11.1. The highest BCUT2D eigenvalue weighted by atomic mass is 32.1. The molecule has 2 nitrogen and oxygen atoms in total. The van der Waals surface area contributed by atoms with Crippen LogP contribution in [0, 0.1) is 0 Å². The maximum absolute atomic E-state index is 3.65. The standard InChI is InChI=1S/C12H20N2S/c1-14(2)12(11-7-5-9-15-11)10-6-3-4-8-13-10/h5,7,9-10,12-13H,3-4,6,8H2,1-2H3. The average Bonchev–Trinajstić information content (AvgIpc) is 2.72. The fraction of sp³-hybridized carbons (Fsp3) is 0.667. The molecule has 0 aromatic carbocycles. The maximum Gasteiger partial charge on any atom is 0.0590 e. The third kappa shape index (κ3) is 2.60. The van der Waals surface area contributed by atoms with Crippen LogP contribution in [0.15, 0.2) is 17.5 Å². The van der Waals surface area contributed by atoms with Gasteiger partial charge in [0, 0.05) is 10.9 Å². The van der Waals surface area contributed by atoms with Crippen LogP contribution in [0.2, 0.25) is 0 Å². The van der Waals surface area contributed by atoms with Crippen LogP contribution in [0.1, 0.15) is 30.2 Å². The number of likely N-dealkylation sites (N-methyl/N-ethyl adjacent to an activating group) is 1. The molecule has 1 saturated heterocycles. The minimum atomic E-state index is 0.547. The first-order chi connectivity index (χ1) is 7.29. The zero-order valence-electron chi connectivity index (χ0n) is 9.57. The molecule has 1 aromatic heterocycles. The van der Waals surface area contributed by atoms with Crippen molar-refractivity contribution in [2.24, 2.45) is 0 Å². The molecule has 0 bridgehead atoms. The summed E-state index contributed by atoms with van der Waals surface area (Å²) in [6, 6.07) is 5.59. The molecule has 0 radical (unpaired) electrons. The minimum absolute atomic E-state index is 0.547. The molecule has 0 saturated carbocycles. The Bertz CT molecular complexity index is 276. The van der Waals surface area contributed by atoms with Crippen LogP contribution >= 0.6 is 11.3 Å². The van der Waals surface area contributed by atoms with Crippen molar-refractivity contribution < 1.29 is 0 Å². The highest BCUT2D eigenvalue weighted by Gasteiger charge is 2.26. The van der Waals surface area contributed by atoms with Gasteiger partial charge in [0.2, 0.25) is 0 Å². The van der Waals surface area contributed by atoms with Gasteiger partial charge >= 0.3 is 0 Å². The molecule has 84 valence electrons. The Labute approximate surface area is 96.3 Å². The number of piperidine rings is 1. The molecule has 2 atom stereocenters. The monoisotopic (exact) mass is 224 g/mol.